The number of nitrogens with zero attached hydrogens (tertiary/aromatic N) is 1. The van der Waals surface area contributed by atoms with Crippen molar-refractivity contribution in [2.75, 3.05) is 11.9 Å². The Balaban J connectivity index is 1.83. The van der Waals surface area contributed by atoms with E-state index in [2.05, 4.69) is 5.32 Å². The fourth-order valence-electron chi connectivity index (χ4n) is 1.83. The predicted octanol–water partition coefficient (Wildman–Crippen LogP) is 1.78. The number of hydrogen-bond acceptors (Lipinski definition) is 4. The lowest BCUT2D eigenvalue weighted by Gasteiger charge is -2.31. The van der Waals surface area contributed by atoms with Gasteiger partial charge in [-0.25, -0.2) is 0 Å². The van der Waals surface area contributed by atoms with Crippen LogP contribution in [0.4, 0.5) is 11.4 Å². The third-order valence-electron chi connectivity index (χ3n) is 2.88. The molecule has 0 saturated heterocycles. The molecule has 1 aromatic carbocycles. The molecule has 0 unspecified atom stereocenters. The van der Waals surface area contributed by atoms with Crippen LogP contribution in [0, 0.1) is 16.0 Å². The summed E-state index contributed by atoms with van der Waals surface area (Å²) in [4.78, 5) is 10.0. The molecule has 5 nitrogen and oxygen atoms in total. The summed E-state index contributed by atoms with van der Waals surface area (Å²) in [6.07, 6.45) is 1.56. The molecule has 16 heavy (non-hydrogen) atoms. The molecule has 1 fully saturated rings. The van der Waals surface area contributed by atoms with Crippen molar-refractivity contribution in [2.45, 2.75) is 18.9 Å². The van der Waals surface area contributed by atoms with Crippen LogP contribution in [-0.2, 0) is 0 Å². The van der Waals surface area contributed by atoms with Gasteiger partial charge < -0.3 is 10.4 Å². The second-order valence-electron chi connectivity index (χ2n) is 4.18. The monoisotopic (exact) mass is 222 g/mol. The zero-order valence-electron chi connectivity index (χ0n) is 8.80. The molecule has 1 aliphatic carbocycles. The van der Waals surface area contributed by atoms with Crippen LogP contribution in [0.1, 0.15) is 12.8 Å². The van der Waals surface area contributed by atoms with Gasteiger partial charge in [-0.2, -0.15) is 0 Å². The van der Waals surface area contributed by atoms with Crippen molar-refractivity contribution in [3.63, 3.8) is 0 Å². The first-order valence-electron chi connectivity index (χ1n) is 5.31. The zero-order valence-corrected chi connectivity index (χ0v) is 8.80. The van der Waals surface area contributed by atoms with Crippen LogP contribution in [-0.4, -0.2) is 22.7 Å². The number of nitro groups is 1. The van der Waals surface area contributed by atoms with Gasteiger partial charge in [-0.3, -0.25) is 10.1 Å². The smallest absolute Gasteiger partial charge is 0.269 e. The first kappa shape index (κ1) is 10.9. The molecule has 1 aliphatic rings. The Labute approximate surface area is 93.2 Å². The summed E-state index contributed by atoms with van der Waals surface area (Å²) < 4.78 is 0. The number of benzene rings is 1. The van der Waals surface area contributed by atoms with Gasteiger partial charge in [0.25, 0.3) is 5.69 Å². The van der Waals surface area contributed by atoms with Crippen molar-refractivity contribution >= 4 is 11.4 Å². The molecule has 86 valence electrons. The maximum absolute atomic E-state index is 10.4. The maximum atomic E-state index is 10.4. The average molecular weight is 222 g/mol. The molecule has 5 heteroatoms. The Hall–Kier alpha value is -1.62. The third-order valence-corrected chi connectivity index (χ3v) is 2.88. The van der Waals surface area contributed by atoms with E-state index in [9.17, 15) is 10.1 Å². The highest BCUT2D eigenvalue weighted by atomic mass is 16.6. The molecule has 2 N–H and O–H groups in total. The summed E-state index contributed by atoms with van der Waals surface area (Å²) in [6, 6.07) is 6.37. The van der Waals surface area contributed by atoms with Crippen LogP contribution in [0.3, 0.4) is 0 Å². The molecule has 1 aromatic rings. The second-order valence-corrected chi connectivity index (χ2v) is 4.18. The number of hydrogen-bond donors (Lipinski definition) is 2. The number of nitrogens with one attached hydrogen (secondary N) is 1. The van der Waals surface area contributed by atoms with E-state index in [1.807, 2.05) is 0 Å². The standard InChI is InChI=1S/C11H14N2O3/c14-11-5-8(6-11)7-12-9-1-3-10(4-2-9)13(15)16/h1-4,8,11-12,14H,5-7H2. The molecule has 0 atom stereocenters. The lowest BCUT2D eigenvalue weighted by Crippen LogP contribution is -2.33. The molecular weight excluding hydrogens is 208 g/mol. The lowest BCUT2D eigenvalue weighted by atomic mass is 9.82. The Morgan fingerprint density at radius 2 is 2.00 bits per heavy atom. The average Bonchev–Trinajstić information content (AvgIpc) is 2.23. The highest BCUT2D eigenvalue weighted by Crippen LogP contribution is 2.27. The van der Waals surface area contributed by atoms with Gasteiger partial charge in [0.2, 0.25) is 0 Å². The topological polar surface area (TPSA) is 75.4 Å². The Kier molecular flexibility index (Phi) is 3.05. The fourth-order valence-corrected chi connectivity index (χ4v) is 1.83. The van der Waals surface area contributed by atoms with Crippen molar-refractivity contribution in [1.82, 2.24) is 0 Å². The van der Waals surface area contributed by atoms with Crippen molar-refractivity contribution in [1.29, 1.82) is 0 Å². The van der Waals surface area contributed by atoms with Crippen LogP contribution in [0.5, 0.6) is 0 Å². The van der Waals surface area contributed by atoms with Crippen LogP contribution >= 0.6 is 0 Å². The van der Waals surface area contributed by atoms with E-state index in [1.54, 1.807) is 12.1 Å². The number of non-ortho nitro benzene ring substituents is 1. The summed E-state index contributed by atoms with van der Waals surface area (Å²) in [5.74, 6) is 0.519. The van der Waals surface area contributed by atoms with E-state index in [0.717, 1.165) is 25.1 Å². The van der Waals surface area contributed by atoms with Crippen molar-refractivity contribution in [3.8, 4) is 0 Å². The highest BCUT2D eigenvalue weighted by Gasteiger charge is 2.26. The first-order valence-corrected chi connectivity index (χ1v) is 5.31. The van der Waals surface area contributed by atoms with Gasteiger partial charge in [0, 0.05) is 24.4 Å². The Bertz CT molecular complexity index is 371. The SMILES string of the molecule is O=[N+]([O-])c1ccc(NCC2CC(O)C2)cc1. The van der Waals surface area contributed by atoms with Crippen LogP contribution in [0.25, 0.3) is 0 Å². The maximum Gasteiger partial charge on any atom is 0.269 e. The molecule has 1 saturated carbocycles. The number of rotatable bonds is 4. The van der Waals surface area contributed by atoms with Gasteiger partial charge in [-0.15, -0.1) is 0 Å². The summed E-state index contributed by atoms with van der Waals surface area (Å²) in [7, 11) is 0. The zero-order chi connectivity index (χ0) is 11.5. The largest absolute Gasteiger partial charge is 0.393 e. The molecule has 0 spiro atoms. The van der Waals surface area contributed by atoms with Gasteiger partial charge >= 0.3 is 0 Å². The Morgan fingerprint density at radius 3 is 2.50 bits per heavy atom. The molecule has 0 amide bonds. The summed E-state index contributed by atoms with van der Waals surface area (Å²) in [6.45, 7) is 0.814. The van der Waals surface area contributed by atoms with Gasteiger partial charge in [0.15, 0.2) is 0 Å². The van der Waals surface area contributed by atoms with Crippen molar-refractivity contribution in [3.05, 3.63) is 34.4 Å². The normalized spacial score (nSPS) is 23.6. The summed E-state index contributed by atoms with van der Waals surface area (Å²) in [5.41, 5.74) is 0.983. The molecule has 0 radical (unpaired) electrons. The van der Waals surface area contributed by atoms with E-state index >= 15 is 0 Å². The molecule has 0 heterocycles. The minimum Gasteiger partial charge on any atom is -0.393 e. The highest BCUT2D eigenvalue weighted by molar-refractivity contribution is 5.48. The van der Waals surface area contributed by atoms with Gasteiger partial charge in [0.05, 0.1) is 11.0 Å². The van der Waals surface area contributed by atoms with Crippen molar-refractivity contribution < 1.29 is 10.0 Å². The number of nitro benzene ring substituents is 1. The van der Waals surface area contributed by atoms with E-state index in [1.165, 1.54) is 12.1 Å². The van der Waals surface area contributed by atoms with E-state index in [-0.39, 0.29) is 11.8 Å². The van der Waals surface area contributed by atoms with Crippen LogP contribution in [0.2, 0.25) is 0 Å². The van der Waals surface area contributed by atoms with Crippen LogP contribution in [0.15, 0.2) is 24.3 Å². The molecule has 2 rings (SSSR count). The summed E-state index contributed by atoms with van der Waals surface area (Å²) >= 11 is 0. The number of anilines is 1. The quantitative estimate of drug-likeness (QED) is 0.601. The lowest BCUT2D eigenvalue weighted by molar-refractivity contribution is -0.384. The molecule has 0 aliphatic heterocycles. The predicted molar refractivity (Wildman–Crippen MR) is 60.3 cm³/mol. The van der Waals surface area contributed by atoms with Crippen molar-refractivity contribution in [2.24, 2.45) is 5.92 Å². The number of aliphatic hydroxyl groups excluding tert-OH is 1. The van der Waals surface area contributed by atoms with E-state index in [0.29, 0.717) is 5.92 Å². The molecule has 0 bridgehead atoms. The van der Waals surface area contributed by atoms with Gasteiger partial charge in [-0.1, -0.05) is 0 Å². The molecular formula is C11H14N2O3. The van der Waals surface area contributed by atoms with Gasteiger partial charge in [0.1, 0.15) is 0 Å². The Morgan fingerprint density at radius 1 is 1.38 bits per heavy atom. The molecule has 0 aromatic heterocycles. The minimum atomic E-state index is -0.411. The fraction of sp³-hybridized carbons (Fsp3) is 0.455. The number of aliphatic hydroxyl groups is 1. The van der Waals surface area contributed by atoms with E-state index in [4.69, 9.17) is 5.11 Å². The van der Waals surface area contributed by atoms with E-state index < -0.39 is 4.92 Å². The summed E-state index contributed by atoms with van der Waals surface area (Å²) in [5, 5.41) is 22.7. The van der Waals surface area contributed by atoms with Gasteiger partial charge in [-0.05, 0) is 30.9 Å². The first-order chi connectivity index (χ1) is 7.65. The van der Waals surface area contributed by atoms with Crippen LogP contribution < -0.4 is 5.32 Å². The second kappa shape index (κ2) is 4.49. The minimum absolute atomic E-state index is 0.101. The third kappa shape index (κ3) is 2.49.